The fraction of sp³-hybridized carbons (Fsp3) is 0.333. The van der Waals surface area contributed by atoms with Crippen molar-refractivity contribution in [1.82, 2.24) is 19.9 Å². The maximum Gasteiger partial charge on any atom is 0.224 e. The number of aromatic nitrogens is 3. The Morgan fingerprint density at radius 2 is 1.88 bits per heavy atom. The Labute approximate surface area is 189 Å². The first-order valence-electron chi connectivity index (χ1n) is 11.6. The maximum absolute atomic E-state index is 4.98. The van der Waals surface area contributed by atoms with E-state index in [1.807, 2.05) is 12.3 Å². The number of nitrogens with one attached hydrogen (secondary N) is 2. The molecule has 5 heteroatoms. The van der Waals surface area contributed by atoms with Gasteiger partial charge in [-0.1, -0.05) is 48.5 Å². The Bertz CT molecular complexity index is 1190. The highest BCUT2D eigenvalue weighted by molar-refractivity contribution is 5.86. The number of aryl methyl sites for hydroxylation is 2. The number of hydrogen-bond acceptors (Lipinski definition) is 4. The van der Waals surface area contributed by atoms with Crippen molar-refractivity contribution in [3.63, 3.8) is 0 Å². The third kappa shape index (κ3) is 4.26. The standard InChI is InChI=1S/C27H31N5/c1-19-8-6-9-20(2)25(19)24-14-23-17-30-27(29-16-21-10-4-3-5-11-21)31-26(23)32(24)18-22-12-7-13-28-15-22/h3-6,8-11,14,17,22,28H,7,12-13,15-16,18H2,1-2H3,(H,29,30,31)/t22-/m1/s1. The molecule has 0 amide bonds. The summed E-state index contributed by atoms with van der Waals surface area (Å²) in [5, 5.41) is 8.07. The smallest absolute Gasteiger partial charge is 0.224 e. The van der Waals surface area contributed by atoms with Crippen LogP contribution in [0.5, 0.6) is 0 Å². The van der Waals surface area contributed by atoms with E-state index in [2.05, 4.69) is 82.6 Å². The normalized spacial score (nSPS) is 16.4. The summed E-state index contributed by atoms with van der Waals surface area (Å²) in [7, 11) is 0. The molecule has 0 unspecified atom stereocenters. The minimum atomic E-state index is 0.609. The van der Waals surface area contributed by atoms with Crippen molar-refractivity contribution in [1.29, 1.82) is 0 Å². The van der Waals surface area contributed by atoms with Crippen LogP contribution in [0.4, 0.5) is 5.95 Å². The molecule has 5 nitrogen and oxygen atoms in total. The van der Waals surface area contributed by atoms with Gasteiger partial charge in [-0.25, -0.2) is 4.98 Å². The van der Waals surface area contributed by atoms with Crippen LogP contribution in [0.25, 0.3) is 22.3 Å². The highest BCUT2D eigenvalue weighted by Crippen LogP contribution is 2.33. The average Bonchev–Trinajstić information content (AvgIpc) is 3.16. The molecule has 164 valence electrons. The molecule has 2 aromatic heterocycles. The minimum absolute atomic E-state index is 0.609. The van der Waals surface area contributed by atoms with Gasteiger partial charge in [-0.05, 0) is 68.5 Å². The predicted octanol–water partition coefficient (Wildman–Crippen LogP) is 5.33. The predicted molar refractivity (Wildman–Crippen MR) is 132 cm³/mol. The van der Waals surface area contributed by atoms with Gasteiger partial charge >= 0.3 is 0 Å². The lowest BCUT2D eigenvalue weighted by Crippen LogP contribution is -2.32. The second kappa shape index (κ2) is 9.13. The molecule has 1 atom stereocenters. The molecule has 4 aromatic rings. The summed E-state index contributed by atoms with van der Waals surface area (Å²) in [6, 6.07) is 19.2. The van der Waals surface area contributed by atoms with Gasteiger partial charge in [-0.3, -0.25) is 0 Å². The van der Waals surface area contributed by atoms with E-state index in [9.17, 15) is 0 Å². The molecule has 3 heterocycles. The third-order valence-electron chi connectivity index (χ3n) is 6.51. The lowest BCUT2D eigenvalue weighted by atomic mass is 9.97. The number of anilines is 1. The summed E-state index contributed by atoms with van der Waals surface area (Å²) in [6.45, 7) is 8.27. The van der Waals surface area contributed by atoms with Gasteiger partial charge in [-0.15, -0.1) is 0 Å². The molecule has 0 spiro atoms. The van der Waals surface area contributed by atoms with Gasteiger partial charge in [0.25, 0.3) is 0 Å². The maximum atomic E-state index is 4.98. The van der Waals surface area contributed by atoms with Crippen LogP contribution in [0.3, 0.4) is 0 Å². The number of rotatable bonds is 6. The molecule has 5 rings (SSSR count). The fourth-order valence-electron chi connectivity index (χ4n) is 4.85. The lowest BCUT2D eigenvalue weighted by molar-refractivity contribution is 0.341. The first-order chi connectivity index (χ1) is 15.7. The zero-order valence-electron chi connectivity index (χ0n) is 18.9. The summed E-state index contributed by atoms with van der Waals surface area (Å²) < 4.78 is 2.43. The molecule has 1 saturated heterocycles. The quantitative estimate of drug-likeness (QED) is 0.439. The molecule has 1 fully saturated rings. The molecule has 0 saturated carbocycles. The number of hydrogen-bond donors (Lipinski definition) is 2. The van der Waals surface area contributed by atoms with E-state index in [0.717, 1.165) is 30.7 Å². The Balaban J connectivity index is 1.55. The van der Waals surface area contributed by atoms with E-state index in [0.29, 0.717) is 18.4 Å². The Morgan fingerprint density at radius 3 is 2.62 bits per heavy atom. The number of nitrogens with zero attached hydrogens (tertiary/aromatic N) is 3. The molecular formula is C27H31N5. The van der Waals surface area contributed by atoms with Gasteiger partial charge < -0.3 is 15.2 Å². The minimum Gasteiger partial charge on any atom is -0.350 e. The van der Waals surface area contributed by atoms with E-state index < -0.39 is 0 Å². The zero-order chi connectivity index (χ0) is 21.9. The molecule has 0 bridgehead atoms. The molecule has 2 aromatic carbocycles. The SMILES string of the molecule is Cc1cccc(C)c1-c1cc2cnc(NCc3ccccc3)nc2n1C[C@@H]1CCCNC1. The van der Waals surface area contributed by atoms with Crippen LogP contribution in [0, 0.1) is 19.8 Å². The number of benzene rings is 2. The van der Waals surface area contributed by atoms with Crippen molar-refractivity contribution in [3.05, 3.63) is 77.5 Å². The van der Waals surface area contributed by atoms with Gasteiger partial charge in [0, 0.05) is 30.2 Å². The van der Waals surface area contributed by atoms with E-state index in [1.165, 1.54) is 40.8 Å². The van der Waals surface area contributed by atoms with Gasteiger partial charge in [0.15, 0.2) is 0 Å². The van der Waals surface area contributed by atoms with Gasteiger partial charge in [0.2, 0.25) is 5.95 Å². The van der Waals surface area contributed by atoms with Crippen molar-refractivity contribution in [3.8, 4) is 11.3 Å². The average molecular weight is 426 g/mol. The molecule has 32 heavy (non-hydrogen) atoms. The van der Waals surface area contributed by atoms with E-state index in [-0.39, 0.29) is 0 Å². The highest BCUT2D eigenvalue weighted by Gasteiger charge is 2.20. The van der Waals surface area contributed by atoms with Crippen molar-refractivity contribution in [2.24, 2.45) is 5.92 Å². The topological polar surface area (TPSA) is 54.8 Å². The molecule has 1 aliphatic heterocycles. The van der Waals surface area contributed by atoms with Crippen molar-refractivity contribution < 1.29 is 0 Å². The summed E-state index contributed by atoms with van der Waals surface area (Å²) in [6.07, 6.45) is 4.45. The van der Waals surface area contributed by atoms with Crippen LogP contribution in [0.2, 0.25) is 0 Å². The molecular weight excluding hydrogens is 394 g/mol. The molecule has 2 N–H and O–H groups in total. The lowest BCUT2D eigenvalue weighted by Gasteiger charge is -2.25. The summed E-state index contributed by atoms with van der Waals surface area (Å²) in [5.41, 5.74) is 7.39. The summed E-state index contributed by atoms with van der Waals surface area (Å²) in [4.78, 5) is 9.60. The van der Waals surface area contributed by atoms with Gasteiger partial charge in [0.1, 0.15) is 5.65 Å². The Hall–Kier alpha value is -3.18. The first-order valence-corrected chi connectivity index (χ1v) is 11.6. The van der Waals surface area contributed by atoms with Crippen LogP contribution >= 0.6 is 0 Å². The Kier molecular flexibility index (Phi) is 5.91. The molecule has 1 aliphatic rings. The van der Waals surface area contributed by atoms with E-state index in [1.54, 1.807) is 0 Å². The van der Waals surface area contributed by atoms with Gasteiger partial charge in [0.05, 0.1) is 5.69 Å². The van der Waals surface area contributed by atoms with Crippen molar-refractivity contribution in [2.45, 2.75) is 39.8 Å². The third-order valence-corrected chi connectivity index (χ3v) is 6.51. The summed E-state index contributed by atoms with van der Waals surface area (Å²) >= 11 is 0. The van der Waals surface area contributed by atoms with Crippen LogP contribution in [0.15, 0.2) is 60.8 Å². The second-order valence-electron chi connectivity index (χ2n) is 8.93. The highest BCUT2D eigenvalue weighted by atomic mass is 15.1. The van der Waals surface area contributed by atoms with Crippen LogP contribution in [-0.2, 0) is 13.1 Å². The van der Waals surface area contributed by atoms with Crippen LogP contribution in [0.1, 0.15) is 29.5 Å². The summed E-state index contributed by atoms with van der Waals surface area (Å²) in [5.74, 6) is 1.29. The number of fused-ring (bicyclic) bond motifs is 1. The van der Waals surface area contributed by atoms with Gasteiger partial charge in [-0.2, -0.15) is 4.98 Å². The molecule has 0 aliphatic carbocycles. The second-order valence-corrected chi connectivity index (χ2v) is 8.93. The monoisotopic (exact) mass is 425 g/mol. The van der Waals surface area contributed by atoms with Crippen molar-refractivity contribution >= 4 is 17.0 Å². The van der Waals surface area contributed by atoms with E-state index in [4.69, 9.17) is 4.98 Å². The molecule has 0 radical (unpaired) electrons. The van der Waals surface area contributed by atoms with Crippen molar-refractivity contribution in [2.75, 3.05) is 18.4 Å². The zero-order valence-corrected chi connectivity index (χ0v) is 18.9. The van der Waals surface area contributed by atoms with Crippen LogP contribution in [-0.4, -0.2) is 27.6 Å². The number of piperidine rings is 1. The Morgan fingerprint density at radius 1 is 1.06 bits per heavy atom. The first kappa shape index (κ1) is 20.7. The van der Waals surface area contributed by atoms with Crippen LogP contribution < -0.4 is 10.6 Å². The fourth-order valence-corrected chi connectivity index (χ4v) is 4.85. The largest absolute Gasteiger partial charge is 0.350 e. The van der Waals surface area contributed by atoms with E-state index >= 15 is 0 Å².